The molecule has 0 amide bonds. The van der Waals surface area contributed by atoms with Crippen LogP contribution in [-0.4, -0.2) is 0 Å². The predicted octanol–water partition coefficient (Wildman–Crippen LogP) is 7.17. The molecule has 0 bridgehead atoms. The number of hydrogen-bond donors (Lipinski definition) is 0. The molecule has 0 heterocycles. The molecule has 1 rings (SSSR count). The van der Waals surface area contributed by atoms with Crippen LogP contribution in [0.25, 0.3) is 0 Å². The summed E-state index contributed by atoms with van der Waals surface area (Å²) in [6, 6.07) is 0. The molecule has 0 N–H and O–H groups in total. The van der Waals surface area contributed by atoms with E-state index in [1.807, 2.05) is 0 Å². The Morgan fingerprint density at radius 2 is 1.68 bits per heavy atom. The molecule has 0 aromatic carbocycles. The summed E-state index contributed by atoms with van der Waals surface area (Å²) in [7, 11) is 0. The van der Waals surface area contributed by atoms with Crippen molar-refractivity contribution in [3.63, 3.8) is 0 Å². The van der Waals surface area contributed by atoms with Crippen LogP contribution in [0.4, 0.5) is 0 Å². The zero-order valence-electron chi connectivity index (χ0n) is 15.2. The molecule has 2 atom stereocenters. The Morgan fingerprint density at radius 1 is 1.00 bits per heavy atom. The zero-order valence-corrected chi connectivity index (χ0v) is 15.2. The third-order valence-corrected chi connectivity index (χ3v) is 4.58. The molecule has 2 unspecified atom stereocenters. The van der Waals surface area contributed by atoms with Gasteiger partial charge in [-0.25, -0.2) is 0 Å². The fourth-order valence-corrected chi connectivity index (χ4v) is 2.65. The molecule has 0 aliphatic heterocycles. The standard InChI is InChI=1S/C22H34/c1-6-7-8-10-18(2)11-9-12-19(3)13-15-22-16-14-20(4)21(5)17-22/h6-7,11,13-14,16-17,20-21H,8-10,12,15H2,1-5H3. The molecular weight excluding hydrogens is 264 g/mol. The van der Waals surface area contributed by atoms with Crippen LogP contribution in [-0.2, 0) is 0 Å². The number of rotatable bonds is 8. The van der Waals surface area contributed by atoms with Crippen molar-refractivity contribution in [3.05, 3.63) is 59.3 Å². The van der Waals surface area contributed by atoms with Gasteiger partial charge in [-0.15, -0.1) is 0 Å². The van der Waals surface area contributed by atoms with Crippen LogP contribution in [0.3, 0.4) is 0 Å². The summed E-state index contributed by atoms with van der Waals surface area (Å²) in [6.45, 7) is 11.2. The SMILES string of the molecule is CC=CCCC(C)=CCCC(C)=CCC1=CC(C)C(C)C=C1. The van der Waals surface area contributed by atoms with Crippen LogP contribution in [0.15, 0.2) is 59.3 Å². The molecule has 122 valence electrons. The fraction of sp³-hybridized carbons (Fsp3) is 0.545. The average molecular weight is 299 g/mol. The molecule has 0 radical (unpaired) electrons. The van der Waals surface area contributed by atoms with Crippen molar-refractivity contribution in [3.8, 4) is 0 Å². The highest BCUT2D eigenvalue weighted by molar-refractivity contribution is 5.27. The lowest BCUT2D eigenvalue weighted by Gasteiger charge is -2.18. The Labute approximate surface area is 138 Å². The first kappa shape index (κ1) is 18.7. The maximum atomic E-state index is 2.43. The molecule has 0 fully saturated rings. The van der Waals surface area contributed by atoms with Crippen molar-refractivity contribution in [2.24, 2.45) is 11.8 Å². The predicted molar refractivity (Wildman–Crippen MR) is 101 cm³/mol. The Hall–Kier alpha value is -1.30. The van der Waals surface area contributed by atoms with Gasteiger partial charge in [0.25, 0.3) is 0 Å². The van der Waals surface area contributed by atoms with Gasteiger partial charge >= 0.3 is 0 Å². The third-order valence-electron chi connectivity index (χ3n) is 4.58. The van der Waals surface area contributed by atoms with Crippen molar-refractivity contribution in [2.45, 2.75) is 66.7 Å². The molecule has 0 saturated heterocycles. The monoisotopic (exact) mass is 298 g/mol. The van der Waals surface area contributed by atoms with Gasteiger partial charge in [0.1, 0.15) is 0 Å². The lowest BCUT2D eigenvalue weighted by molar-refractivity contribution is 0.547. The molecule has 0 heteroatoms. The number of allylic oxidation sites excluding steroid dienone is 10. The maximum absolute atomic E-state index is 2.43. The van der Waals surface area contributed by atoms with E-state index in [1.54, 1.807) is 0 Å². The van der Waals surface area contributed by atoms with Gasteiger partial charge in [-0.1, -0.05) is 67.5 Å². The quantitative estimate of drug-likeness (QED) is 0.416. The highest BCUT2D eigenvalue weighted by Gasteiger charge is 2.10. The molecule has 0 saturated carbocycles. The highest BCUT2D eigenvalue weighted by Crippen LogP contribution is 2.24. The van der Waals surface area contributed by atoms with E-state index in [-0.39, 0.29) is 0 Å². The molecule has 1 aliphatic carbocycles. The first-order chi connectivity index (χ1) is 10.5. The summed E-state index contributed by atoms with van der Waals surface area (Å²) in [5, 5.41) is 0. The topological polar surface area (TPSA) is 0 Å². The molecular formula is C22H34. The van der Waals surface area contributed by atoms with E-state index in [0.29, 0.717) is 11.8 Å². The van der Waals surface area contributed by atoms with Gasteiger partial charge in [-0.2, -0.15) is 0 Å². The van der Waals surface area contributed by atoms with Gasteiger partial charge < -0.3 is 0 Å². The molecule has 22 heavy (non-hydrogen) atoms. The molecule has 0 spiro atoms. The van der Waals surface area contributed by atoms with Gasteiger partial charge in [-0.3, -0.25) is 0 Å². The third kappa shape index (κ3) is 7.64. The van der Waals surface area contributed by atoms with E-state index in [9.17, 15) is 0 Å². The number of hydrogen-bond acceptors (Lipinski definition) is 0. The van der Waals surface area contributed by atoms with Gasteiger partial charge in [-0.05, 0) is 70.3 Å². The minimum Gasteiger partial charge on any atom is -0.0917 e. The van der Waals surface area contributed by atoms with Crippen molar-refractivity contribution in [1.82, 2.24) is 0 Å². The first-order valence-corrected chi connectivity index (χ1v) is 8.84. The van der Waals surface area contributed by atoms with Crippen molar-refractivity contribution >= 4 is 0 Å². The minimum absolute atomic E-state index is 0.677. The van der Waals surface area contributed by atoms with Gasteiger partial charge in [0.05, 0.1) is 0 Å². The molecule has 0 aromatic heterocycles. The van der Waals surface area contributed by atoms with E-state index in [0.717, 1.165) is 6.42 Å². The van der Waals surface area contributed by atoms with E-state index >= 15 is 0 Å². The Morgan fingerprint density at radius 3 is 2.36 bits per heavy atom. The normalized spacial score (nSPS) is 23.2. The van der Waals surface area contributed by atoms with Gasteiger partial charge in [0, 0.05) is 0 Å². The first-order valence-electron chi connectivity index (χ1n) is 8.84. The minimum atomic E-state index is 0.677. The Bertz CT molecular complexity index is 468. The lowest BCUT2D eigenvalue weighted by Crippen LogP contribution is -2.06. The average Bonchev–Trinajstić information content (AvgIpc) is 2.49. The molecule has 0 aromatic rings. The van der Waals surface area contributed by atoms with Crippen LogP contribution in [0.2, 0.25) is 0 Å². The zero-order chi connectivity index (χ0) is 16.4. The molecule has 0 nitrogen and oxygen atoms in total. The lowest BCUT2D eigenvalue weighted by atomic mass is 9.87. The van der Waals surface area contributed by atoms with E-state index in [1.165, 1.54) is 42.4 Å². The van der Waals surface area contributed by atoms with Crippen LogP contribution >= 0.6 is 0 Å². The Kier molecular flexibility index (Phi) is 8.89. The highest BCUT2D eigenvalue weighted by atomic mass is 14.2. The van der Waals surface area contributed by atoms with Crippen molar-refractivity contribution in [1.29, 1.82) is 0 Å². The van der Waals surface area contributed by atoms with Crippen molar-refractivity contribution < 1.29 is 0 Å². The van der Waals surface area contributed by atoms with Crippen LogP contribution in [0, 0.1) is 11.8 Å². The van der Waals surface area contributed by atoms with Crippen LogP contribution < -0.4 is 0 Å². The van der Waals surface area contributed by atoms with E-state index in [4.69, 9.17) is 0 Å². The summed E-state index contributed by atoms with van der Waals surface area (Å²) < 4.78 is 0. The second-order valence-corrected chi connectivity index (χ2v) is 6.77. The summed E-state index contributed by atoms with van der Waals surface area (Å²) >= 11 is 0. The van der Waals surface area contributed by atoms with E-state index < -0.39 is 0 Å². The largest absolute Gasteiger partial charge is 0.0917 e. The fourth-order valence-electron chi connectivity index (χ4n) is 2.65. The smallest absolute Gasteiger partial charge is 0.00980 e. The summed E-state index contributed by atoms with van der Waals surface area (Å²) in [4.78, 5) is 0. The van der Waals surface area contributed by atoms with E-state index in [2.05, 4.69) is 77.2 Å². The van der Waals surface area contributed by atoms with Crippen LogP contribution in [0.5, 0.6) is 0 Å². The van der Waals surface area contributed by atoms with Crippen LogP contribution in [0.1, 0.15) is 66.7 Å². The summed E-state index contributed by atoms with van der Waals surface area (Å²) in [5.74, 6) is 1.36. The van der Waals surface area contributed by atoms with Crippen molar-refractivity contribution in [2.75, 3.05) is 0 Å². The maximum Gasteiger partial charge on any atom is -0.00980 e. The summed E-state index contributed by atoms with van der Waals surface area (Å²) in [5.41, 5.74) is 4.51. The Balaban J connectivity index is 2.33. The summed E-state index contributed by atoms with van der Waals surface area (Å²) in [6.07, 6.45) is 22.1. The van der Waals surface area contributed by atoms with Gasteiger partial charge in [0.2, 0.25) is 0 Å². The van der Waals surface area contributed by atoms with Gasteiger partial charge in [0.15, 0.2) is 0 Å². The second kappa shape index (κ2) is 10.4. The molecule has 1 aliphatic rings. The second-order valence-electron chi connectivity index (χ2n) is 6.77.